The first kappa shape index (κ1) is 24.6. The van der Waals surface area contributed by atoms with Crippen molar-refractivity contribution in [2.75, 3.05) is 27.3 Å². The second kappa shape index (κ2) is 11.7. The normalized spacial score (nSPS) is 16.5. The number of aromatic nitrogens is 3. The number of esters is 1. The largest absolute Gasteiger partial charge is 0.481 e. The van der Waals surface area contributed by atoms with Crippen LogP contribution in [0.4, 0.5) is 0 Å². The van der Waals surface area contributed by atoms with Gasteiger partial charge < -0.3 is 14.4 Å². The molecule has 0 saturated carbocycles. The molecule has 0 N–H and O–H groups in total. The molecule has 2 unspecified atom stereocenters. The molecule has 1 aliphatic heterocycles. The molecule has 4 heterocycles. The highest BCUT2D eigenvalue weighted by atomic mass is 16.5. The number of carbonyl (C=O) groups excluding carboxylic acids is 2. The number of fused-ring (bicyclic) bond motifs is 1. The van der Waals surface area contributed by atoms with E-state index >= 15 is 0 Å². The van der Waals surface area contributed by atoms with E-state index in [1.54, 1.807) is 25.6 Å². The van der Waals surface area contributed by atoms with E-state index in [2.05, 4.69) is 15.0 Å². The number of ether oxygens (including phenoxy) is 2. The third kappa shape index (κ3) is 6.32. The van der Waals surface area contributed by atoms with Gasteiger partial charge in [-0.3, -0.25) is 9.59 Å². The maximum absolute atomic E-state index is 13.0. The highest BCUT2D eigenvalue weighted by Crippen LogP contribution is 2.28. The van der Waals surface area contributed by atoms with Crippen LogP contribution in [0.15, 0.2) is 48.8 Å². The first-order valence-corrected chi connectivity index (χ1v) is 12.1. The Morgan fingerprint density at radius 2 is 2.06 bits per heavy atom. The quantitative estimate of drug-likeness (QED) is 0.387. The number of rotatable bonds is 11. The zero-order valence-electron chi connectivity index (χ0n) is 20.4. The number of methoxy groups -OCH3 is 2. The minimum Gasteiger partial charge on any atom is -0.481 e. The molecular formula is C27H32N4O4. The van der Waals surface area contributed by atoms with Crippen LogP contribution < -0.4 is 4.74 Å². The van der Waals surface area contributed by atoms with Gasteiger partial charge in [0.2, 0.25) is 11.8 Å². The number of likely N-dealkylation sites (tertiary alicyclic amines) is 1. The number of pyridine rings is 3. The van der Waals surface area contributed by atoms with Crippen LogP contribution >= 0.6 is 0 Å². The van der Waals surface area contributed by atoms with Crippen molar-refractivity contribution < 1.29 is 19.1 Å². The van der Waals surface area contributed by atoms with Crippen molar-refractivity contribution in [2.24, 2.45) is 5.92 Å². The highest BCUT2D eigenvalue weighted by Gasteiger charge is 2.31. The summed E-state index contributed by atoms with van der Waals surface area (Å²) in [6.45, 7) is 1.47. The zero-order valence-corrected chi connectivity index (χ0v) is 20.4. The molecule has 8 nitrogen and oxygen atoms in total. The van der Waals surface area contributed by atoms with Crippen LogP contribution in [0.5, 0.6) is 5.88 Å². The molecule has 1 amide bonds. The van der Waals surface area contributed by atoms with Gasteiger partial charge in [0.15, 0.2) is 5.65 Å². The smallest absolute Gasteiger partial charge is 0.306 e. The van der Waals surface area contributed by atoms with Crippen molar-refractivity contribution >= 4 is 22.9 Å². The Morgan fingerprint density at radius 3 is 2.83 bits per heavy atom. The van der Waals surface area contributed by atoms with Crippen LogP contribution in [0.2, 0.25) is 0 Å². The summed E-state index contributed by atoms with van der Waals surface area (Å²) in [5.74, 6) is 0.532. The third-order valence-corrected chi connectivity index (χ3v) is 6.74. The summed E-state index contributed by atoms with van der Waals surface area (Å²) in [7, 11) is 2.97. The molecule has 0 radical (unpaired) electrons. The minimum atomic E-state index is -0.249. The first-order chi connectivity index (χ1) is 17.1. The summed E-state index contributed by atoms with van der Waals surface area (Å²) in [5, 5.41) is 1.02. The number of nitrogens with zero attached hydrogens (tertiary/aromatic N) is 4. The maximum atomic E-state index is 13.0. The van der Waals surface area contributed by atoms with Gasteiger partial charge in [-0.1, -0.05) is 6.07 Å². The van der Waals surface area contributed by atoms with Gasteiger partial charge in [0.25, 0.3) is 0 Å². The summed E-state index contributed by atoms with van der Waals surface area (Å²) in [6.07, 6.45) is 7.80. The second-order valence-corrected chi connectivity index (χ2v) is 8.96. The van der Waals surface area contributed by atoms with E-state index in [0.717, 1.165) is 60.9 Å². The SMILES string of the molecule is COC(=O)CC(CCCN1CCC(CCc2ccc3cccnc3n2)C1=O)c1ccc(OC)nc1. The molecule has 35 heavy (non-hydrogen) atoms. The molecule has 0 spiro atoms. The summed E-state index contributed by atoms with van der Waals surface area (Å²) in [5.41, 5.74) is 2.69. The Hall–Kier alpha value is -3.55. The fraction of sp³-hybridized carbons (Fsp3) is 0.444. The van der Waals surface area contributed by atoms with Crippen molar-refractivity contribution in [3.63, 3.8) is 0 Å². The van der Waals surface area contributed by atoms with Crippen molar-refractivity contribution in [3.05, 3.63) is 60.0 Å². The van der Waals surface area contributed by atoms with E-state index in [4.69, 9.17) is 9.47 Å². The van der Waals surface area contributed by atoms with E-state index in [1.807, 2.05) is 35.2 Å². The predicted octanol–water partition coefficient (Wildman–Crippen LogP) is 3.94. The van der Waals surface area contributed by atoms with Crippen molar-refractivity contribution in [2.45, 2.75) is 44.4 Å². The van der Waals surface area contributed by atoms with Crippen LogP contribution in [0.3, 0.4) is 0 Å². The van der Waals surface area contributed by atoms with Gasteiger partial charge in [-0.15, -0.1) is 0 Å². The summed E-state index contributed by atoms with van der Waals surface area (Å²) in [4.78, 5) is 40.1. The average Bonchev–Trinajstić information content (AvgIpc) is 3.25. The lowest BCUT2D eigenvalue weighted by Gasteiger charge is -2.20. The van der Waals surface area contributed by atoms with Gasteiger partial charge >= 0.3 is 5.97 Å². The van der Waals surface area contributed by atoms with Crippen LogP contribution in [-0.4, -0.2) is 59.0 Å². The molecule has 1 fully saturated rings. The summed E-state index contributed by atoms with van der Waals surface area (Å²) < 4.78 is 10.0. The lowest BCUT2D eigenvalue weighted by Crippen LogP contribution is -2.29. The molecule has 3 aromatic heterocycles. The molecule has 4 rings (SSSR count). The number of carbonyl (C=O) groups is 2. The van der Waals surface area contributed by atoms with Crippen LogP contribution in [0, 0.1) is 5.92 Å². The molecule has 1 aliphatic rings. The molecule has 8 heteroatoms. The standard InChI is InChI=1S/C27H32N4O4/c1-34-24-12-9-22(18-29-24)21(17-25(32)35-2)6-4-15-31-16-13-20(27(31)33)8-11-23-10-7-19-5-3-14-28-26(19)30-23/h3,5,7,9-10,12,14,18,20-21H,4,6,8,11,13,15-17H2,1-2H3. The Bertz CT molecular complexity index is 1150. The van der Waals surface area contributed by atoms with Gasteiger partial charge in [-0.2, -0.15) is 0 Å². The fourth-order valence-corrected chi connectivity index (χ4v) is 4.70. The van der Waals surface area contributed by atoms with E-state index < -0.39 is 0 Å². The monoisotopic (exact) mass is 476 g/mol. The van der Waals surface area contributed by atoms with Crippen molar-refractivity contribution in [3.8, 4) is 5.88 Å². The van der Waals surface area contributed by atoms with Gasteiger partial charge in [0.1, 0.15) is 0 Å². The lowest BCUT2D eigenvalue weighted by atomic mass is 9.92. The fourth-order valence-electron chi connectivity index (χ4n) is 4.70. The van der Waals surface area contributed by atoms with Crippen LogP contribution in [-0.2, 0) is 20.7 Å². The Morgan fingerprint density at radius 1 is 1.17 bits per heavy atom. The molecule has 3 aromatic rings. The summed E-state index contributed by atoms with van der Waals surface area (Å²) in [6, 6.07) is 11.7. The Balaban J connectivity index is 1.28. The van der Waals surface area contributed by atoms with Crippen LogP contribution in [0.1, 0.15) is 49.3 Å². The molecule has 0 aromatic carbocycles. The van der Waals surface area contributed by atoms with E-state index in [9.17, 15) is 9.59 Å². The van der Waals surface area contributed by atoms with Crippen molar-refractivity contribution in [1.29, 1.82) is 0 Å². The van der Waals surface area contributed by atoms with Gasteiger partial charge in [-0.25, -0.2) is 15.0 Å². The highest BCUT2D eigenvalue weighted by molar-refractivity contribution is 5.81. The molecular weight excluding hydrogens is 444 g/mol. The number of amides is 1. The topological polar surface area (TPSA) is 94.5 Å². The van der Waals surface area contributed by atoms with E-state index in [1.165, 1.54) is 7.11 Å². The third-order valence-electron chi connectivity index (χ3n) is 6.74. The maximum Gasteiger partial charge on any atom is 0.306 e. The second-order valence-electron chi connectivity index (χ2n) is 8.96. The lowest BCUT2D eigenvalue weighted by molar-refractivity contribution is -0.141. The average molecular weight is 477 g/mol. The number of aryl methyl sites for hydroxylation is 1. The van der Waals surface area contributed by atoms with E-state index in [0.29, 0.717) is 12.4 Å². The molecule has 184 valence electrons. The Kier molecular flexibility index (Phi) is 8.23. The first-order valence-electron chi connectivity index (χ1n) is 12.1. The molecule has 1 saturated heterocycles. The number of hydrogen-bond donors (Lipinski definition) is 0. The molecule has 2 atom stereocenters. The number of hydrogen-bond acceptors (Lipinski definition) is 7. The van der Waals surface area contributed by atoms with Gasteiger partial charge in [0, 0.05) is 48.5 Å². The van der Waals surface area contributed by atoms with E-state index in [-0.39, 0.29) is 30.1 Å². The molecule has 0 bridgehead atoms. The summed E-state index contributed by atoms with van der Waals surface area (Å²) >= 11 is 0. The predicted molar refractivity (Wildman–Crippen MR) is 132 cm³/mol. The van der Waals surface area contributed by atoms with Crippen molar-refractivity contribution in [1.82, 2.24) is 19.9 Å². The zero-order chi connectivity index (χ0) is 24.6. The minimum absolute atomic E-state index is 0.0121. The molecule has 0 aliphatic carbocycles. The Labute approximate surface area is 205 Å². The van der Waals surface area contributed by atoms with Gasteiger partial charge in [0.05, 0.1) is 20.6 Å². The van der Waals surface area contributed by atoms with Gasteiger partial charge in [-0.05, 0) is 67.9 Å². The van der Waals surface area contributed by atoms with Crippen LogP contribution in [0.25, 0.3) is 11.0 Å².